The van der Waals surface area contributed by atoms with Crippen LogP contribution in [0.1, 0.15) is 35.3 Å². The number of pyridine rings is 1. The van der Waals surface area contributed by atoms with E-state index in [-0.39, 0.29) is 42.3 Å². The molecule has 1 fully saturated rings. The lowest BCUT2D eigenvalue weighted by atomic mass is 10.0. The van der Waals surface area contributed by atoms with Crippen molar-refractivity contribution in [3.63, 3.8) is 0 Å². The minimum absolute atomic E-state index is 0. The van der Waals surface area contributed by atoms with Gasteiger partial charge in [0.05, 0.1) is 28.4 Å². The second-order valence-corrected chi connectivity index (χ2v) is 9.51. The van der Waals surface area contributed by atoms with Crippen LogP contribution in [0.3, 0.4) is 0 Å². The van der Waals surface area contributed by atoms with E-state index in [1.807, 2.05) is 24.3 Å². The van der Waals surface area contributed by atoms with E-state index in [0.717, 1.165) is 55.3 Å². The maximum atomic E-state index is 12.9. The van der Waals surface area contributed by atoms with Crippen LogP contribution in [0.25, 0.3) is 11.7 Å². The maximum absolute atomic E-state index is 12.9. The van der Waals surface area contributed by atoms with E-state index in [4.69, 9.17) is 4.74 Å². The zero-order valence-corrected chi connectivity index (χ0v) is 21.9. The number of para-hydroxylation sites is 1. The van der Waals surface area contributed by atoms with Gasteiger partial charge in [0.1, 0.15) is 17.0 Å². The van der Waals surface area contributed by atoms with Crippen molar-refractivity contribution >= 4 is 60.2 Å². The van der Waals surface area contributed by atoms with Gasteiger partial charge in [-0.25, -0.2) is 9.78 Å². The van der Waals surface area contributed by atoms with E-state index < -0.39 is 5.97 Å². The van der Waals surface area contributed by atoms with Crippen molar-refractivity contribution < 1.29 is 19.4 Å². The molecule has 2 N–H and O–H groups in total. The number of carboxylic acids is 1. The average molecular weight is 551 g/mol. The Kier molecular flexibility index (Phi) is 9.67. The number of rotatable bonds is 8. The first kappa shape index (κ1) is 27.9. The minimum Gasteiger partial charge on any atom is -0.493 e. The van der Waals surface area contributed by atoms with Crippen molar-refractivity contribution in [1.82, 2.24) is 19.6 Å². The number of benzene rings is 1. The molecule has 0 unspecified atom stereocenters. The summed E-state index contributed by atoms with van der Waals surface area (Å²) in [6, 6.07) is 12.8. The van der Waals surface area contributed by atoms with Crippen molar-refractivity contribution in [3.8, 4) is 5.75 Å². The second-order valence-electron chi connectivity index (χ2n) is 8.44. The van der Waals surface area contributed by atoms with E-state index in [2.05, 4.69) is 19.6 Å². The van der Waals surface area contributed by atoms with Gasteiger partial charge in [-0.15, -0.1) is 24.8 Å². The topological polar surface area (TPSA) is 96.2 Å². The van der Waals surface area contributed by atoms with E-state index in [0.29, 0.717) is 17.3 Å². The Hall–Kier alpha value is -2.72. The molecule has 1 aromatic carbocycles. The first-order valence-electron chi connectivity index (χ1n) is 11.4. The van der Waals surface area contributed by atoms with Crippen molar-refractivity contribution in [1.29, 1.82) is 0 Å². The fourth-order valence-corrected chi connectivity index (χ4v) is 5.39. The van der Waals surface area contributed by atoms with Crippen LogP contribution in [0.15, 0.2) is 58.6 Å². The molecule has 36 heavy (non-hydrogen) atoms. The number of hydrogen-bond acceptors (Lipinski definition) is 6. The zero-order chi connectivity index (χ0) is 23.5. The predicted octanol–water partition coefficient (Wildman–Crippen LogP) is 4.37. The molecular weight excluding hydrogens is 523 g/mol. The number of carboxylic acid groups (broad SMARTS) is 1. The summed E-state index contributed by atoms with van der Waals surface area (Å²) in [7, 11) is 0. The number of nitrogens with one attached hydrogen (secondary N) is 1. The van der Waals surface area contributed by atoms with Crippen molar-refractivity contribution in [2.45, 2.75) is 30.3 Å². The number of ether oxygens (including phenoxy) is 1. The number of aromatic carboxylic acids is 1. The van der Waals surface area contributed by atoms with E-state index in [1.54, 1.807) is 30.5 Å². The van der Waals surface area contributed by atoms with Crippen LogP contribution in [0.5, 0.6) is 5.75 Å². The lowest BCUT2D eigenvalue weighted by Gasteiger charge is -2.32. The summed E-state index contributed by atoms with van der Waals surface area (Å²) >= 11 is 1.48. The summed E-state index contributed by atoms with van der Waals surface area (Å²) in [5, 5.41) is 13.4. The number of amides is 1. The Morgan fingerprint density at radius 2 is 1.89 bits per heavy atom. The van der Waals surface area contributed by atoms with Crippen LogP contribution < -0.4 is 10.1 Å². The molecule has 11 heteroatoms. The molecule has 0 atom stereocenters. The zero-order valence-electron chi connectivity index (χ0n) is 19.5. The van der Waals surface area contributed by atoms with Gasteiger partial charge in [-0.2, -0.15) is 0 Å². The van der Waals surface area contributed by atoms with Crippen LogP contribution in [-0.4, -0.2) is 63.6 Å². The highest BCUT2D eigenvalue weighted by Crippen LogP contribution is 2.34. The molecule has 0 radical (unpaired) electrons. The molecule has 2 aliphatic rings. The molecule has 5 rings (SSSR count). The van der Waals surface area contributed by atoms with Gasteiger partial charge >= 0.3 is 5.97 Å². The monoisotopic (exact) mass is 550 g/mol. The van der Waals surface area contributed by atoms with Crippen molar-refractivity contribution in [2.24, 2.45) is 0 Å². The smallest absolute Gasteiger partial charge is 0.339 e. The highest BCUT2D eigenvalue weighted by molar-refractivity contribution is 8.04. The number of carbonyl (C=O) groups excluding carboxylic acids is 1. The number of halogens is 2. The number of aromatic nitrogens is 2. The van der Waals surface area contributed by atoms with E-state index in [1.165, 1.54) is 11.8 Å². The molecule has 2 aromatic heterocycles. The van der Waals surface area contributed by atoms with E-state index in [9.17, 15) is 14.7 Å². The molecule has 8 nitrogen and oxygen atoms in total. The Morgan fingerprint density at radius 3 is 2.67 bits per heavy atom. The molecular formula is C25H28Cl2N4O4S. The highest BCUT2D eigenvalue weighted by atomic mass is 35.5. The number of imidazole rings is 1. The number of nitrogens with zero attached hydrogens (tertiary/aromatic N) is 3. The standard InChI is InChI=1S/C25H26N4O4S.2ClH/c30-24(21-15-18-16-26-22-7-3-8-23(34-21)29(18)22)27-17-9-12-28(13-10-17)11-4-14-33-20-6-2-1-5-19(20)25(31)32;;/h1-3,5-8,15-17H,4,9-14H2,(H,27,30)(H,31,32);2*1H. The lowest BCUT2D eigenvalue weighted by molar-refractivity contribution is -0.117. The molecule has 192 valence electrons. The second kappa shape index (κ2) is 12.5. The molecule has 0 aliphatic carbocycles. The molecule has 0 spiro atoms. The van der Waals surface area contributed by atoms with Crippen LogP contribution in [0, 0.1) is 0 Å². The molecule has 3 aromatic rings. The number of likely N-dealkylation sites (tertiary alicyclic amines) is 1. The van der Waals surface area contributed by atoms with Gasteiger partial charge in [0.2, 0.25) is 0 Å². The third-order valence-corrected chi connectivity index (χ3v) is 7.21. The molecule has 4 heterocycles. The normalized spacial score (nSPS) is 15.4. The Bertz CT molecular complexity index is 1260. The molecule has 0 saturated carbocycles. The quantitative estimate of drug-likeness (QED) is 0.402. The van der Waals surface area contributed by atoms with Gasteiger partial charge in [0.15, 0.2) is 0 Å². The first-order valence-corrected chi connectivity index (χ1v) is 12.2. The summed E-state index contributed by atoms with van der Waals surface area (Å²) in [5.41, 5.74) is 2.00. The fourth-order valence-electron chi connectivity index (χ4n) is 4.40. The van der Waals surface area contributed by atoms with Crippen LogP contribution in [-0.2, 0) is 4.79 Å². The SMILES string of the molecule is Cl.Cl.O=C(NC1CCN(CCCOc2ccccc2C(=O)O)CC1)C1=Cc2cnc3cccc(n23)S1. The van der Waals surface area contributed by atoms with Crippen LogP contribution in [0.2, 0.25) is 0 Å². The Labute approximate surface area is 225 Å². The summed E-state index contributed by atoms with van der Waals surface area (Å²) in [4.78, 5) is 31.6. The fraction of sp³-hybridized carbons (Fsp3) is 0.320. The summed E-state index contributed by atoms with van der Waals surface area (Å²) in [6.45, 7) is 3.17. The van der Waals surface area contributed by atoms with Crippen molar-refractivity contribution in [3.05, 3.63) is 64.8 Å². The Balaban J connectivity index is 0.00000180. The van der Waals surface area contributed by atoms with Gasteiger partial charge in [0, 0.05) is 25.7 Å². The van der Waals surface area contributed by atoms with E-state index >= 15 is 0 Å². The van der Waals surface area contributed by atoms with Crippen LogP contribution in [0.4, 0.5) is 0 Å². The number of thioether (sulfide) groups is 1. The Morgan fingerprint density at radius 1 is 1.11 bits per heavy atom. The average Bonchev–Trinajstić information content (AvgIpc) is 3.27. The summed E-state index contributed by atoms with van der Waals surface area (Å²) in [5.74, 6) is -0.603. The first-order chi connectivity index (χ1) is 16.6. The minimum atomic E-state index is -0.982. The largest absolute Gasteiger partial charge is 0.493 e. The third-order valence-electron chi connectivity index (χ3n) is 6.15. The van der Waals surface area contributed by atoms with Gasteiger partial charge < -0.3 is 20.1 Å². The third kappa shape index (κ3) is 6.15. The summed E-state index contributed by atoms with van der Waals surface area (Å²) in [6.07, 6.45) is 6.33. The van der Waals surface area contributed by atoms with Crippen LogP contribution >= 0.6 is 36.6 Å². The van der Waals surface area contributed by atoms with Crippen molar-refractivity contribution in [2.75, 3.05) is 26.2 Å². The van der Waals surface area contributed by atoms with Gasteiger partial charge in [0.25, 0.3) is 5.91 Å². The maximum Gasteiger partial charge on any atom is 0.339 e. The number of hydrogen-bond donors (Lipinski definition) is 2. The molecule has 0 bridgehead atoms. The molecule has 1 saturated heterocycles. The van der Waals surface area contributed by atoms with Gasteiger partial charge in [-0.05, 0) is 49.6 Å². The number of carbonyl (C=O) groups is 2. The molecule has 1 amide bonds. The van der Waals surface area contributed by atoms with Gasteiger partial charge in [-0.1, -0.05) is 30.0 Å². The van der Waals surface area contributed by atoms with Gasteiger partial charge in [-0.3, -0.25) is 9.20 Å². The number of piperidine rings is 1. The highest BCUT2D eigenvalue weighted by Gasteiger charge is 2.24. The molecule has 2 aliphatic heterocycles. The predicted molar refractivity (Wildman–Crippen MR) is 145 cm³/mol. The lowest BCUT2D eigenvalue weighted by Crippen LogP contribution is -2.45. The summed E-state index contributed by atoms with van der Waals surface area (Å²) < 4.78 is 7.75.